The van der Waals surface area contributed by atoms with Gasteiger partial charge in [-0.3, -0.25) is 4.79 Å². The van der Waals surface area contributed by atoms with Crippen molar-refractivity contribution in [3.63, 3.8) is 0 Å². The van der Waals surface area contributed by atoms with E-state index in [1.807, 2.05) is 0 Å². The quantitative estimate of drug-likeness (QED) is 0.281. The van der Waals surface area contributed by atoms with Crippen LogP contribution in [0.25, 0.3) is 10.2 Å². The number of hydrogen-bond acceptors (Lipinski definition) is 3. The average Bonchev–Trinajstić information content (AvgIpc) is 2.94. The van der Waals surface area contributed by atoms with Gasteiger partial charge >= 0.3 is 0 Å². The lowest BCUT2D eigenvalue weighted by Gasteiger charge is -2.05. The van der Waals surface area contributed by atoms with Crippen molar-refractivity contribution in [1.82, 2.24) is 4.98 Å². The van der Waals surface area contributed by atoms with E-state index >= 15 is 0 Å². The van der Waals surface area contributed by atoms with Gasteiger partial charge in [0.1, 0.15) is 5.56 Å². The second-order valence-corrected chi connectivity index (χ2v) is 5.87. The Kier molecular flexibility index (Phi) is 3.81. The van der Waals surface area contributed by atoms with E-state index in [1.165, 1.54) is 18.2 Å². The van der Waals surface area contributed by atoms with E-state index in [-0.39, 0.29) is 5.52 Å². The normalized spacial score (nSPS) is 11.2. The summed E-state index contributed by atoms with van der Waals surface area (Å²) in [4.78, 5) is 16.0. The molecular formula is C14H3ClF5NOS. The van der Waals surface area contributed by atoms with Crippen LogP contribution in [0.5, 0.6) is 0 Å². The van der Waals surface area contributed by atoms with Crippen LogP contribution < -0.4 is 0 Å². The Labute approximate surface area is 134 Å². The van der Waals surface area contributed by atoms with Crippen molar-refractivity contribution in [3.8, 4) is 0 Å². The van der Waals surface area contributed by atoms with Crippen molar-refractivity contribution in [1.29, 1.82) is 0 Å². The Morgan fingerprint density at radius 1 is 0.957 bits per heavy atom. The largest absolute Gasteiger partial charge is 0.286 e. The minimum Gasteiger partial charge on any atom is -0.286 e. The molecule has 118 valence electrons. The minimum atomic E-state index is -2.33. The zero-order chi connectivity index (χ0) is 16.9. The van der Waals surface area contributed by atoms with E-state index in [9.17, 15) is 26.7 Å². The highest BCUT2D eigenvalue weighted by Gasteiger charge is 2.31. The van der Waals surface area contributed by atoms with Gasteiger partial charge in [0.2, 0.25) is 11.6 Å². The predicted octanol–water partition coefficient (Wildman–Crippen LogP) is 4.88. The van der Waals surface area contributed by atoms with E-state index in [4.69, 9.17) is 11.6 Å². The molecule has 0 aliphatic carbocycles. The Morgan fingerprint density at radius 3 is 2.13 bits per heavy atom. The molecule has 0 spiro atoms. The molecule has 0 bridgehead atoms. The number of ketones is 1. The molecular weight excluding hydrogens is 361 g/mol. The fourth-order valence-electron chi connectivity index (χ4n) is 1.91. The SMILES string of the molecule is O=C(c1nc2cc(Cl)ccc2s1)c1c(F)c(F)c(F)c(F)c1F. The van der Waals surface area contributed by atoms with Gasteiger partial charge in [-0.05, 0) is 18.2 Å². The summed E-state index contributed by atoms with van der Waals surface area (Å²) in [5.74, 6) is -12.5. The highest BCUT2D eigenvalue weighted by Crippen LogP contribution is 2.29. The molecule has 23 heavy (non-hydrogen) atoms. The molecule has 1 aromatic heterocycles. The lowest BCUT2D eigenvalue weighted by atomic mass is 10.1. The van der Waals surface area contributed by atoms with Crippen molar-refractivity contribution in [2.45, 2.75) is 0 Å². The van der Waals surface area contributed by atoms with Gasteiger partial charge in [0.15, 0.2) is 28.3 Å². The second kappa shape index (κ2) is 5.54. The van der Waals surface area contributed by atoms with Crippen molar-refractivity contribution >= 4 is 38.9 Å². The summed E-state index contributed by atoms with van der Waals surface area (Å²) in [7, 11) is 0. The van der Waals surface area contributed by atoms with E-state index in [0.717, 1.165) is 11.3 Å². The van der Waals surface area contributed by atoms with E-state index in [2.05, 4.69) is 4.98 Å². The minimum absolute atomic E-state index is 0.273. The number of thiazole rings is 1. The zero-order valence-corrected chi connectivity index (χ0v) is 12.3. The Bertz CT molecular complexity index is 942. The summed E-state index contributed by atoms with van der Waals surface area (Å²) in [6.45, 7) is 0. The fourth-order valence-corrected chi connectivity index (χ4v) is 2.97. The molecule has 0 radical (unpaired) electrons. The summed E-state index contributed by atoms with van der Waals surface area (Å²) in [6, 6.07) is 4.43. The molecule has 1 heterocycles. The van der Waals surface area contributed by atoms with Gasteiger partial charge in [-0.25, -0.2) is 26.9 Å². The smallest absolute Gasteiger partial charge is 0.227 e. The van der Waals surface area contributed by atoms with Crippen LogP contribution in [0, 0.1) is 29.1 Å². The molecule has 0 unspecified atom stereocenters. The van der Waals surface area contributed by atoms with Gasteiger partial charge in [0, 0.05) is 5.02 Å². The number of halogens is 6. The first-order valence-corrected chi connectivity index (χ1v) is 7.13. The van der Waals surface area contributed by atoms with Gasteiger partial charge < -0.3 is 0 Å². The number of carbonyl (C=O) groups excluding carboxylic acids is 1. The third-order valence-electron chi connectivity index (χ3n) is 2.98. The highest BCUT2D eigenvalue weighted by atomic mass is 35.5. The van der Waals surface area contributed by atoms with Crippen LogP contribution in [-0.2, 0) is 0 Å². The molecule has 0 saturated heterocycles. The first kappa shape index (κ1) is 15.8. The fraction of sp³-hybridized carbons (Fsp3) is 0. The van der Waals surface area contributed by atoms with Crippen molar-refractivity contribution < 1.29 is 26.7 Å². The van der Waals surface area contributed by atoms with E-state index < -0.39 is 45.4 Å². The Balaban J connectivity index is 2.20. The monoisotopic (exact) mass is 363 g/mol. The van der Waals surface area contributed by atoms with Crippen molar-refractivity contribution in [2.75, 3.05) is 0 Å². The van der Waals surface area contributed by atoms with Crippen LogP contribution in [0.1, 0.15) is 15.4 Å². The topological polar surface area (TPSA) is 30.0 Å². The molecule has 0 amide bonds. The molecule has 9 heteroatoms. The van der Waals surface area contributed by atoms with Gasteiger partial charge in [0.05, 0.1) is 10.2 Å². The summed E-state index contributed by atoms with van der Waals surface area (Å²) in [5.41, 5.74) is -1.26. The zero-order valence-electron chi connectivity index (χ0n) is 10.8. The first-order chi connectivity index (χ1) is 10.8. The molecule has 2 aromatic carbocycles. The van der Waals surface area contributed by atoms with Gasteiger partial charge in [0.25, 0.3) is 0 Å². The maximum Gasteiger partial charge on any atom is 0.227 e. The lowest BCUT2D eigenvalue weighted by molar-refractivity contribution is 0.102. The molecule has 0 saturated carbocycles. The van der Waals surface area contributed by atoms with Crippen molar-refractivity contribution in [2.24, 2.45) is 0 Å². The number of carbonyl (C=O) groups is 1. The number of rotatable bonds is 2. The average molecular weight is 364 g/mol. The van der Waals surface area contributed by atoms with Crippen molar-refractivity contribution in [3.05, 3.63) is 62.9 Å². The van der Waals surface area contributed by atoms with Crippen LogP contribution in [-0.4, -0.2) is 10.8 Å². The van der Waals surface area contributed by atoms with Gasteiger partial charge in [-0.1, -0.05) is 11.6 Å². The summed E-state index contributed by atoms with van der Waals surface area (Å²) >= 11 is 6.50. The molecule has 3 aromatic rings. The molecule has 0 aliphatic heterocycles. The maximum absolute atomic E-state index is 13.7. The van der Waals surface area contributed by atoms with Crippen LogP contribution in [0.3, 0.4) is 0 Å². The second-order valence-electron chi connectivity index (χ2n) is 4.41. The maximum atomic E-state index is 13.7. The van der Waals surface area contributed by atoms with Gasteiger partial charge in [-0.2, -0.15) is 0 Å². The number of hydrogen-bond donors (Lipinski definition) is 0. The Morgan fingerprint density at radius 2 is 1.52 bits per heavy atom. The van der Waals surface area contributed by atoms with Crippen LogP contribution in [0.15, 0.2) is 18.2 Å². The standard InChI is InChI=1S/C14H3ClF5NOS/c15-4-1-2-6-5(3-4)21-14(23-6)13(22)7-8(16)10(18)12(20)11(19)9(7)17/h1-3H. The summed E-state index contributed by atoms with van der Waals surface area (Å²) in [6.07, 6.45) is 0. The van der Waals surface area contributed by atoms with E-state index in [1.54, 1.807) is 0 Å². The van der Waals surface area contributed by atoms with Crippen LogP contribution in [0.2, 0.25) is 5.02 Å². The number of nitrogens with zero attached hydrogens (tertiary/aromatic N) is 1. The van der Waals surface area contributed by atoms with Gasteiger partial charge in [-0.15, -0.1) is 11.3 Å². The van der Waals surface area contributed by atoms with Crippen LogP contribution in [0.4, 0.5) is 22.0 Å². The summed E-state index contributed by atoms with van der Waals surface area (Å²) < 4.78 is 67.2. The number of benzene rings is 2. The molecule has 0 fully saturated rings. The predicted molar refractivity (Wildman–Crippen MR) is 74.3 cm³/mol. The van der Waals surface area contributed by atoms with E-state index in [0.29, 0.717) is 9.72 Å². The first-order valence-electron chi connectivity index (χ1n) is 5.93. The number of aromatic nitrogens is 1. The molecule has 0 N–H and O–H groups in total. The molecule has 3 rings (SSSR count). The molecule has 0 aliphatic rings. The van der Waals surface area contributed by atoms with Crippen LogP contribution >= 0.6 is 22.9 Å². The third kappa shape index (κ3) is 2.47. The molecule has 2 nitrogen and oxygen atoms in total. The lowest BCUT2D eigenvalue weighted by Crippen LogP contribution is -2.13. The highest BCUT2D eigenvalue weighted by molar-refractivity contribution is 7.20. The number of fused-ring (bicyclic) bond motifs is 1. The molecule has 0 atom stereocenters. The third-order valence-corrected chi connectivity index (χ3v) is 4.25. The summed E-state index contributed by atoms with van der Waals surface area (Å²) in [5, 5.41) is -0.0940. The Hall–Kier alpha value is -2.06.